The molecule has 0 atom stereocenters. The maximum atomic E-state index is 5.67. The first-order chi connectivity index (χ1) is 9.79. The standard InChI is InChI=1S/C16H20N4/c1-11-7-5-6-8-12(11)15-18-14-10-4-2-3-9-13(14)16(19-15)20-17/h5-8H,2-4,9-10,17H2,1H3,(H,18,19,20). The Bertz CT molecular complexity index is 622. The van der Waals surface area contributed by atoms with Crippen molar-refractivity contribution in [2.45, 2.75) is 39.0 Å². The zero-order valence-electron chi connectivity index (χ0n) is 11.8. The lowest BCUT2D eigenvalue weighted by molar-refractivity contribution is 0.709. The minimum absolute atomic E-state index is 0.775. The summed E-state index contributed by atoms with van der Waals surface area (Å²) < 4.78 is 0. The van der Waals surface area contributed by atoms with Crippen LogP contribution in [0, 0.1) is 6.92 Å². The minimum Gasteiger partial charge on any atom is -0.308 e. The molecule has 0 radical (unpaired) electrons. The van der Waals surface area contributed by atoms with Gasteiger partial charge in [-0.1, -0.05) is 30.7 Å². The first kappa shape index (κ1) is 13.1. The topological polar surface area (TPSA) is 63.8 Å². The number of benzene rings is 1. The molecule has 0 aliphatic heterocycles. The summed E-state index contributed by atoms with van der Waals surface area (Å²) >= 11 is 0. The van der Waals surface area contributed by atoms with Crippen LogP contribution in [-0.4, -0.2) is 9.97 Å². The molecule has 3 rings (SSSR count). The largest absolute Gasteiger partial charge is 0.308 e. The quantitative estimate of drug-likeness (QED) is 0.499. The van der Waals surface area contributed by atoms with Crippen LogP contribution < -0.4 is 11.3 Å². The van der Waals surface area contributed by atoms with Gasteiger partial charge in [-0.25, -0.2) is 15.8 Å². The van der Waals surface area contributed by atoms with Crippen LogP contribution >= 0.6 is 0 Å². The number of nitrogens with zero attached hydrogens (tertiary/aromatic N) is 2. The van der Waals surface area contributed by atoms with Crippen molar-refractivity contribution in [3.05, 3.63) is 41.1 Å². The summed E-state index contributed by atoms with van der Waals surface area (Å²) in [5.41, 5.74) is 7.38. The Morgan fingerprint density at radius 1 is 1.05 bits per heavy atom. The van der Waals surface area contributed by atoms with Crippen molar-refractivity contribution in [3.63, 3.8) is 0 Å². The van der Waals surface area contributed by atoms with E-state index in [2.05, 4.69) is 29.5 Å². The number of anilines is 1. The van der Waals surface area contributed by atoms with Gasteiger partial charge in [0.1, 0.15) is 5.82 Å². The Morgan fingerprint density at radius 2 is 1.85 bits per heavy atom. The lowest BCUT2D eigenvalue weighted by Gasteiger charge is -2.13. The fourth-order valence-corrected chi connectivity index (χ4v) is 2.83. The number of rotatable bonds is 2. The maximum Gasteiger partial charge on any atom is 0.162 e. The van der Waals surface area contributed by atoms with Gasteiger partial charge in [0, 0.05) is 16.8 Å². The van der Waals surface area contributed by atoms with Gasteiger partial charge in [0.05, 0.1) is 0 Å². The van der Waals surface area contributed by atoms with E-state index >= 15 is 0 Å². The van der Waals surface area contributed by atoms with Gasteiger partial charge in [0.25, 0.3) is 0 Å². The average Bonchev–Trinajstić information content (AvgIpc) is 2.72. The van der Waals surface area contributed by atoms with Crippen LogP contribution in [0.25, 0.3) is 11.4 Å². The Labute approximate surface area is 119 Å². The predicted molar refractivity (Wildman–Crippen MR) is 81.3 cm³/mol. The summed E-state index contributed by atoms with van der Waals surface area (Å²) in [4.78, 5) is 9.44. The van der Waals surface area contributed by atoms with Gasteiger partial charge < -0.3 is 5.43 Å². The molecule has 0 spiro atoms. The van der Waals surface area contributed by atoms with Crippen molar-refractivity contribution in [2.24, 2.45) is 5.84 Å². The molecule has 4 nitrogen and oxygen atoms in total. The van der Waals surface area contributed by atoms with Crippen molar-refractivity contribution in [3.8, 4) is 11.4 Å². The molecule has 0 amide bonds. The SMILES string of the molecule is Cc1ccccc1-c1nc2c(c(NN)n1)CCCCC2. The molecule has 0 fully saturated rings. The van der Waals surface area contributed by atoms with Crippen LogP contribution in [-0.2, 0) is 12.8 Å². The van der Waals surface area contributed by atoms with E-state index in [-0.39, 0.29) is 0 Å². The number of hydrogen-bond donors (Lipinski definition) is 2. The molecule has 1 heterocycles. The van der Waals surface area contributed by atoms with E-state index in [0.29, 0.717) is 0 Å². The van der Waals surface area contributed by atoms with E-state index in [9.17, 15) is 0 Å². The number of hydrogen-bond acceptors (Lipinski definition) is 4. The first-order valence-corrected chi connectivity index (χ1v) is 7.22. The Balaban J connectivity index is 2.14. The third-order valence-corrected chi connectivity index (χ3v) is 3.96. The fourth-order valence-electron chi connectivity index (χ4n) is 2.83. The lowest BCUT2D eigenvalue weighted by atomic mass is 10.1. The molecule has 1 aliphatic carbocycles. The molecule has 3 N–H and O–H groups in total. The number of aryl methyl sites for hydroxylation is 2. The summed E-state index contributed by atoms with van der Waals surface area (Å²) in [7, 11) is 0. The average molecular weight is 268 g/mol. The highest BCUT2D eigenvalue weighted by Gasteiger charge is 2.17. The second-order valence-corrected chi connectivity index (χ2v) is 5.34. The normalized spacial score (nSPS) is 14.5. The third-order valence-electron chi connectivity index (χ3n) is 3.96. The van der Waals surface area contributed by atoms with Gasteiger partial charge in [-0.15, -0.1) is 0 Å². The predicted octanol–water partition coefficient (Wildman–Crippen LogP) is 3.01. The van der Waals surface area contributed by atoms with Gasteiger partial charge in [-0.3, -0.25) is 0 Å². The summed E-state index contributed by atoms with van der Waals surface area (Å²) in [6.45, 7) is 2.08. The Hall–Kier alpha value is -1.94. The molecule has 1 aromatic heterocycles. The van der Waals surface area contributed by atoms with Crippen molar-refractivity contribution in [2.75, 3.05) is 5.43 Å². The molecule has 0 saturated heterocycles. The molecule has 4 heteroatoms. The molecule has 1 aromatic carbocycles. The van der Waals surface area contributed by atoms with E-state index < -0.39 is 0 Å². The zero-order valence-corrected chi connectivity index (χ0v) is 11.8. The van der Waals surface area contributed by atoms with Gasteiger partial charge in [0.15, 0.2) is 5.82 Å². The molecule has 0 bridgehead atoms. The van der Waals surface area contributed by atoms with Crippen LogP contribution in [0.5, 0.6) is 0 Å². The fraction of sp³-hybridized carbons (Fsp3) is 0.375. The van der Waals surface area contributed by atoms with Gasteiger partial charge >= 0.3 is 0 Å². The maximum absolute atomic E-state index is 5.67. The lowest BCUT2D eigenvalue weighted by Crippen LogP contribution is -2.14. The van der Waals surface area contributed by atoms with Crippen molar-refractivity contribution >= 4 is 5.82 Å². The first-order valence-electron chi connectivity index (χ1n) is 7.22. The molecule has 2 aromatic rings. The number of nitrogens with one attached hydrogen (secondary N) is 1. The summed E-state index contributed by atoms with van der Waals surface area (Å²) in [6, 6.07) is 8.20. The number of hydrazine groups is 1. The van der Waals surface area contributed by atoms with Crippen LogP contribution in [0.15, 0.2) is 24.3 Å². The molecule has 1 aliphatic rings. The van der Waals surface area contributed by atoms with E-state index in [1.54, 1.807) is 0 Å². The van der Waals surface area contributed by atoms with Crippen molar-refractivity contribution < 1.29 is 0 Å². The minimum atomic E-state index is 0.775. The second-order valence-electron chi connectivity index (χ2n) is 5.34. The Morgan fingerprint density at radius 3 is 2.65 bits per heavy atom. The molecular formula is C16H20N4. The van der Waals surface area contributed by atoms with Gasteiger partial charge in [0.2, 0.25) is 0 Å². The van der Waals surface area contributed by atoms with Crippen LogP contribution in [0.4, 0.5) is 5.82 Å². The smallest absolute Gasteiger partial charge is 0.162 e. The molecule has 0 saturated carbocycles. The third kappa shape index (κ3) is 2.39. The van der Waals surface area contributed by atoms with Gasteiger partial charge in [-0.2, -0.15) is 0 Å². The monoisotopic (exact) mass is 268 g/mol. The highest BCUT2D eigenvalue weighted by molar-refractivity contribution is 5.63. The van der Waals surface area contributed by atoms with Crippen LogP contribution in [0.3, 0.4) is 0 Å². The number of aromatic nitrogens is 2. The van der Waals surface area contributed by atoms with E-state index in [1.807, 2.05) is 12.1 Å². The highest BCUT2D eigenvalue weighted by atomic mass is 15.3. The highest BCUT2D eigenvalue weighted by Crippen LogP contribution is 2.28. The molecular weight excluding hydrogens is 248 g/mol. The van der Waals surface area contributed by atoms with E-state index in [1.165, 1.54) is 30.4 Å². The van der Waals surface area contributed by atoms with E-state index in [4.69, 9.17) is 10.8 Å². The van der Waals surface area contributed by atoms with Crippen molar-refractivity contribution in [1.82, 2.24) is 9.97 Å². The van der Waals surface area contributed by atoms with Gasteiger partial charge in [-0.05, 0) is 38.2 Å². The molecule has 0 unspecified atom stereocenters. The number of fused-ring (bicyclic) bond motifs is 1. The second kappa shape index (κ2) is 5.59. The van der Waals surface area contributed by atoms with Crippen LogP contribution in [0.1, 0.15) is 36.1 Å². The summed E-state index contributed by atoms with van der Waals surface area (Å²) in [5, 5.41) is 0. The molecule has 104 valence electrons. The summed E-state index contributed by atoms with van der Waals surface area (Å²) in [6.07, 6.45) is 5.67. The number of nitrogens with two attached hydrogens (primary N) is 1. The van der Waals surface area contributed by atoms with Crippen LogP contribution in [0.2, 0.25) is 0 Å². The zero-order chi connectivity index (χ0) is 13.9. The Kier molecular flexibility index (Phi) is 3.65. The van der Waals surface area contributed by atoms with E-state index in [0.717, 1.165) is 35.7 Å². The molecule has 20 heavy (non-hydrogen) atoms. The summed E-state index contributed by atoms with van der Waals surface area (Å²) in [5.74, 6) is 7.23. The van der Waals surface area contributed by atoms with Crippen molar-refractivity contribution in [1.29, 1.82) is 0 Å². The number of nitrogen functional groups attached to an aromatic ring is 1.